The van der Waals surface area contributed by atoms with Gasteiger partial charge >= 0.3 is 0 Å². The van der Waals surface area contributed by atoms with Crippen molar-refractivity contribution in [2.24, 2.45) is 0 Å². The molecular weight excluding hydrogens is 388 g/mol. The number of nitrogens with zero attached hydrogens (tertiary/aromatic N) is 1. The first-order chi connectivity index (χ1) is 13.3. The molecule has 28 heavy (non-hydrogen) atoms. The molecule has 2 aromatic carbocycles. The quantitative estimate of drug-likeness (QED) is 0.407. The second kappa shape index (κ2) is 6.87. The topological polar surface area (TPSA) is 45.8 Å². The number of fused-ring (bicyclic) bond motifs is 1. The lowest BCUT2D eigenvalue weighted by atomic mass is 9.86. The summed E-state index contributed by atoms with van der Waals surface area (Å²) in [6.07, 6.45) is 0. The van der Waals surface area contributed by atoms with Crippen LogP contribution in [0.15, 0.2) is 53.3 Å². The second-order valence-electron chi connectivity index (χ2n) is 7.94. The molecule has 4 rings (SSSR count). The summed E-state index contributed by atoms with van der Waals surface area (Å²) >= 11 is 7.83. The van der Waals surface area contributed by atoms with Crippen LogP contribution in [0.25, 0.3) is 32.7 Å². The Morgan fingerprint density at radius 3 is 2.36 bits per heavy atom. The molecule has 0 atom stereocenters. The molecule has 3 nitrogen and oxygen atoms in total. The lowest BCUT2D eigenvalue weighted by Crippen LogP contribution is -2.11. The summed E-state index contributed by atoms with van der Waals surface area (Å²) in [5.41, 5.74) is 3.94. The van der Waals surface area contributed by atoms with Gasteiger partial charge in [0.1, 0.15) is 10.7 Å². The van der Waals surface area contributed by atoms with Crippen LogP contribution in [-0.4, -0.2) is 9.97 Å². The SMILES string of the molecule is Cc1sc2nc(-c3ccccc3Cl)[nH]c(=O)c2c1-c1ccc(C(C)(C)C)cc1. The number of hydrogen-bond donors (Lipinski definition) is 1. The van der Waals surface area contributed by atoms with Gasteiger partial charge in [-0.3, -0.25) is 4.79 Å². The van der Waals surface area contributed by atoms with E-state index in [1.54, 1.807) is 6.07 Å². The molecule has 0 radical (unpaired) electrons. The Balaban J connectivity index is 1.89. The molecule has 2 heterocycles. The molecule has 0 amide bonds. The fraction of sp³-hybridized carbons (Fsp3) is 0.217. The monoisotopic (exact) mass is 408 g/mol. The summed E-state index contributed by atoms with van der Waals surface area (Å²) in [4.78, 5) is 22.4. The van der Waals surface area contributed by atoms with E-state index in [1.807, 2.05) is 25.1 Å². The summed E-state index contributed by atoms with van der Waals surface area (Å²) in [6.45, 7) is 8.61. The van der Waals surface area contributed by atoms with Gasteiger partial charge in [-0.15, -0.1) is 11.3 Å². The molecule has 0 saturated heterocycles. The number of rotatable bonds is 2. The van der Waals surface area contributed by atoms with Crippen molar-refractivity contribution in [1.82, 2.24) is 9.97 Å². The Morgan fingerprint density at radius 1 is 1.04 bits per heavy atom. The molecule has 1 N–H and O–H groups in total. The van der Waals surface area contributed by atoms with Crippen LogP contribution in [0.5, 0.6) is 0 Å². The van der Waals surface area contributed by atoms with Crippen molar-refractivity contribution in [2.75, 3.05) is 0 Å². The van der Waals surface area contributed by atoms with Crippen LogP contribution < -0.4 is 5.56 Å². The minimum atomic E-state index is -0.140. The van der Waals surface area contributed by atoms with Crippen LogP contribution in [0.1, 0.15) is 31.2 Å². The van der Waals surface area contributed by atoms with E-state index in [-0.39, 0.29) is 11.0 Å². The molecule has 142 valence electrons. The van der Waals surface area contributed by atoms with Gasteiger partial charge in [-0.05, 0) is 35.6 Å². The Hall–Kier alpha value is -2.43. The van der Waals surface area contributed by atoms with Crippen molar-refractivity contribution in [3.05, 3.63) is 74.3 Å². The maximum absolute atomic E-state index is 13.0. The van der Waals surface area contributed by atoms with Crippen molar-refractivity contribution in [2.45, 2.75) is 33.1 Å². The Bertz CT molecular complexity index is 1230. The third-order valence-corrected chi connectivity index (χ3v) is 6.24. The van der Waals surface area contributed by atoms with Crippen molar-refractivity contribution < 1.29 is 0 Å². The van der Waals surface area contributed by atoms with E-state index in [4.69, 9.17) is 16.6 Å². The lowest BCUT2D eigenvalue weighted by Gasteiger charge is -2.19. The molecule has 0 fully saturated rings. The number of aromatic amines is 1. The maximum Gasteiger partial charge on any atom is 0.260 e. The van der Waals surface area contributed by atoms with Crippen LogP contribution in [-0.2, 0) is 5.41 Å². The van der Waals surface area contributed by atoms with Gasteiger partial charge < -0.3 is 4.98 Å². The first kappa shape index (κ1) is 18.9. The third kappa shape index (κ3) is 3.27. The molecule has 0 saturated carbocycles. The van der Waals surface area contributed by atoms with Gasteiger partial charge in [-0.1, -0.05) is 68.8 Å². The number of hydrogen-bond acceptors (Lipinski definition) is 3. The van der Waals surface area contributed by atoms with E-state index in [0.29, 0.717) is 16.2 Å². The molecule has 4 aromatic rings. The van der Waals surface area contributed by atoms with Crippen molar-refractivity contribution in [3.63, 3.8) is 0 Å². The predicted molar refractivity (Wildman–Crippen MR) is 120 cm³/mol. The van der Waals surface area contributed by atoms with E-state index >= 15 is 0 Å². The van der Waals surface area contributed by atoms with E-state index < -0.39 is 0 Å². The Kier molecular flexibility index (Phi) is 4.64. The molecular formula is C23H21ClN2OS. The number of aromatic nitrogens is 2. The van der Waals surface area contributed by atoms with Crippen molar-refractivity contribution in [3.8, 4) is 22.5 Å². The smallest absolute Gasteiger partial charge is 0.260 e. The highest BCUT2D eigenvalue weighted by Crippen LogP contribution is 2.37. The summed E-state index contributed by atoms with van der Waals surface area (Å²) in [5.74, 6) is 0.499. The van der Waals surface area contributed by atoms with Crippen LogP contribution in [0.4, 0.5) is 0 Å². The molecule has 5 heteroatoms. The average molecular weight is 409 g/mol. The summed E-state index contributed by atoms with van der Waals surface area (Å²) in [6, 6.07) is 15.9. The standard InChI is InChI=1S/C23H21ClN2OS/c1-13-18(14-9-11-15(12-10-14)23(2,3)4)19-21(27)25-20(26-22(19)28-13)16-7-5-6-8-17(16)24/h5-12H,1-4H3,(H,25,26,27). The highest BCUT2D eigenvalue weighted by atomic mass is 35.5. The van der Waals surface area contributed by atoms with E-state index in [0.717, 1.165) is 26.4 Å². The number of aryl methyl sites for hydroxylation is 1. The minimum absolute atomic E-state index is 0.0904. The Labute approximate surface area is 173 Å². The zero-order valence-electron chi connectivity index (χ0n) is 16.3. The third-order valence-electron chi connectivity index (χ3n) is 4.91. The molecule has 0 aliphatic rings. The van der Waals surface area contributed by atoms with E-state index in [2.05, 4.69) is 50.0 Å². The normalized spacial score (nSPS) is 11.9. The number of thiophene rings is 1. The van der Waals surface area contributed by atoms with E-state index in [1.165, 1.54) is 16.9 Å². The van der Waals surface area contributed by atoms with Gasteiger partial charge in [0.15, 0.2) is 0 Å². The van der Waals surface area contributed by atoms with Crippen molar-refractivity contribution >= 4 is 33.2 Å². The fourth-order valence-electron chi connectivity index (χ4n) is 3.38. The highest BCUT2D eigenvalue weighted by molar-refractivity contribution is 7.19. The Morgan fingerprint density at radius 2 is 1.71 bits per heavy atom. The number of H-pyrrole nitrogens is 1. The second-order valence-corrected chi connectivity index (χ2v) is 9.55. The number of benzene rings is 2. The summed E-state index contributed by atoms with van der Waals surface area (Å²) in [7, 11) is 0. The molecule has 0 bridgehead atoms. The molecule has 0 spiro atoms. The van der Waals surface area contributed by atoms with Crippen LogP contribution in [0.2, 0.25) is 5.02 Å². The predicted octanol–water partition coefficient (Wildman–Crippen LogP) is 6.58. The van der Waals surface area contributed by atoms with Crippen LogP contribution >= 0.6 is 22.9 Å². The van der Waals surface area contributed by atoms with Gasteiger partial charge in [0.2, 0.25) is 0 Å². The molecule has 0 unspecified atom stereocenters. The summed E-state index contributed by atoms with van der Waals surface area (Å²) < 4.78 is 0. The highest BCUT2D eigenvalue weighted by Gasteiger charge is 2.19. The lowest BCUT2D eigenvalue weighted by molar-refractivity contribution is 0.590. The zero-order valence-corrected chi connectivity index (χ0v) is 17.8. The van der Waals surface area contributed by atoms with Gasteiger partial charge in [0.05, 0.1) is 10.4 Å². The van der Waals surface area contributed by atoms with E-state index in [9.17, 15) is 4.79 Å². The van der Waals surface area contributed by atoms with Gasteiger partial charge in [-0.25, -0.2) is 4.98 Å². The van der Waals surface area contributed by atoms with Crippen molar-refractivity contribution in [1.29, 1.82) is 0 Å². The maximum atomic E-state index is 13.0. The molecule has 0 aliphatic carbocycles. The molecule has 2 aromatic heterocycles. The number of nitrogens with one attached hydrogen (secondary N) is 1. The summed E-state index contributed by atoms with van der Waals surface area (Å²) in [5, 5.41) is 1.21. The largest absolute Gasteiger partial charge is 0.306 e. The first-order valence-electron chi connectivity index (χ1n) is 9.15. The first-order valence-corrected chi connectivity index (χ1v) is 10.3. The fourth-order valence-corrected chi connectivity index (χ4v) is 4.66. The minimum Gasteiger partial charge on any atom is -0.306 e. The average Bonchev–Trinajstić information content (AvgIpc) is 2.98. The molecule has 0 aliphatic heterocycles. The van der Waals surface area contributed by atoms with Gasteiger partial charge in [0, 0.05) is 16.0 Å². The van der Waals surface area contributed by atoms with Gasteiger partial charge in [-0.2, -0.15) is 0 Å². The van der Waals surface area contributed by atoms with Gasteiger partial charge in [0.25, 0.3) is 5.56 Å². The zero-order chi connectivity index (χ0) is 20.1. The number of halogens is 1. The van der Waals surface area contributed by atoms with Crippen LogP contribution in [0.3, 0.4) is 0 Å². The van der Waals surface area contributed by atoms with Crippen LogP contribution in [0, 0.1) is 6.92 Å².